The van der Waals surface area contributed by atoms with Crippen LogP contribution in [0.25, 0.3) is 17.2 Å². The topological polar surface area (TPSA) is 12.5 Å². The minimum absolute atomic E-state index is 0.282. The number of epoxide rings is 1. The molecular weight excluding hydrogens is 354 g/mol. The first-order valence-corrected chi connectivity index (χ1v) is 9.47. The lowest BCUT2D eigenvalue weighted by Gasteiger charge is -2.12. The van der Waals surface area contributed by atoms with E-state index in [0.29, 0.717) is 30.6 Å². The predicted molar refractivity (Wildman–Crippen MR) is 109 cm³/mol. The van der Waals surface area contributed by atoms with E-state index in [0.717, 1.165) is 27.8 Å². The van der Waals surface area contributed by atoms with Crippen LogP contribution < -0.4 is 0 Å². The van der Waals surface area contributed by atoms with Gasteiger partial charge in [-0.05, 0) is 59.2 Å². The van der Waals surface area contributed by atoms with Crippen LogP contribution in [0.1, 0.15) is 33.9 Å². The first-order valence-electron chi connectivity index (χ1n) is 9.47. The molecule has 0 aromatic heterocycles. The zero-order valence-corrected chi connectivity index (χ0v) is 15.8. The van der Waals surface area contributed by atoms with Crippen molar-refractivity contribution in [1.29, 1.82) is 0 Å². The van der Waals surface area contributed by atoms with Crippen molar-refractivity contribution in [3.63, 3.8) is 0 Å². The number of benzene rings is 3. The lowest BCUT2D eigenvalue weighted by atomic mass is 9.95. The van der Waals surface area contributed by atoms with Gasteiger partial charge >= 0.3 is 0 Å². The van der Waals surface area contributed by atoms with Crippen molar-refractivity contribution < 1.29 is 13.5 Å². The Bertz CT molecular complexity index is 1000. The van der Waals surface area contributed by atoms with Crippen LogP contribution in [0.4, 0.5) is 8.78 Å². The average molecular weight is 376 g/mol. The second-order valence-electron chi connectivity index (χ2n) is 7.23. The molecule has 0 aliphatic carbocycles. The minimum Gasteiger partial charge on any atom is -0.368 e. The maximum atomic E-state index is 14.5. The molecule has 1 aliphatic rings. The number of halogens is 2. The Balaban J connectivity index is 1.48. The summed E-state index contributed by atoms with van der Waals surface area (Å²) in [5.41, 5.74) is 6.02. The van der Waals surface area contributed by atoms with E-state index < -0.39 is 11.6 Å². The van der Waals surface area contributed by atoms with Crippen LogP contribution in [0, 0.1) is 18.6 Å². The van der Waals surface area contributed by atoms with E-state index in [2.05, 4.69) is 30.8 Å². The summed E-state index contributed by atoms with van der Waals surface area (Å²) in [4.78, 5) is 0. The maximum absolute atomic E-state index is 14.5. The fourth-order valence-electron chi connectivity index (χ4n) is 3.53. The molecule has 3 heteroatoms. The van der Waals surface area contributed by atoms with Gasteiger partial charge in [0.05, 0.1) is 6.61 Å². The van der Waals surface area contributed by atoms with Gasteiger partial charge in [0.15, 0.2) is 11.6 Å². The van der Waals surface area contributed by atoms with Gasteiger partial charge < -0.3 is 4.74 Å². The van der Waals surface area contributed by atoms with Crippen LogP contribution >= 0.6 is 0 Å². The van der Waals surface area contributed by atoms with Crippen molar-refractivity contribution >= 4 is 6.08 Å². The largest absolute Gasteiger partial charge is 0.368 e. The van der Waals surface area contributed by atoms with Crippen molar-refractivity contribution in [1.82, 2.24) is 0 Å². The highest BCUT2D eigenvalue weighted by Crippen LogP contribution is 2.35. The summed E-state index contributed by atoms with van der Waals surface area (Å²) in [6.07, 6.45) is 2.66. The summed E-state index contributed by atoms with van der Waals surface area (Å²) in [6.45, 7) is 6.07. The summed E-state index contributed by atoms with van der Waals surface area (Å²) in [7, 11) is 0. The highest BCUT2D eigenvalue weighted by Gasteiger charge is 2.30. The first-order chi connectivity index (χ1) is 13.6. The molecule has 1 aliphatic heterocycles. The molecule has 0 amide bonds. The molecule has 0 saturated carbocycles. The van der Waals surface area contributed by atoms with Crippen molar-refractivity contribution in [2.24, 2.45) is 0 Å². The molecule has 28 heavy (non-hydrogen) atoms. The Hall–Kier alpha value is -2.78. The zero-order chi connectivity index (χ0) is 19.7. The smallest absolute Gasteiger partial charge is 0.165 e. The molecule has 1 heterocycles. The lowest BCUT2D eigenvalue weighted by molar-refractivity contribution is 0.400. The maximum Gasteiger partial charge on any atom is 0.165 e. The van der Waals surface area contributed by atoms with Crippen molar-refractivity contribution in [2.75, 3.05) is 6.61 Å². The second-order valence-corrected chi connectivity index (χ2v) is 7.23. The van der Waals surface area contributed by atoms with Crippen LogP contribution in [0.5, 0.6) is 0 Å². The van der Waals surface area contributed by atoms with Gasteiger partial charge in [0.1, 0.15) is 6.10 Å². The molecule has 0 N–H and O–H groups in total. The molecule has 3 aromatic carbocycles. The first kappa shape index (κ1) is 18.6. The normalized spacial score (nSPS) is 15.5. The van der Waals surface area contributed by atoms with Crippen molar-refractivity contribution in [2.45, 2.75) is 25.9 Å². The van der Waals surface area contributed by atoms with E-state index in [1.807, 2.05) is 37.3 Å². The fraction of sp³-hybridized carbons (Fsp3) is 0.200. The van der Waals surface area contributed by atoms with E-state index >= 15 is 0 Å². The second kappa shape index (κ2) is 7.69. The van der Waals surface area contributed by atoms with E-state index in [-0.39, 0.29) is 6.10 Å². The molecular formula is C25H22F2O. The molecule has 1 nitrogen and oxygen atoms in total. The summed E-state index contributed by atoms with van der Waals surface area (Å²) < 4.78 is 33.9. The number of hydrogen-bond acceptors (Lipinski definition) is 1. The van der Waals surface area contributed by atoms with Crippen molar-refractivity contribution in [3.05, 3.63) is 101 Å². The minimum atomic E-state index is -0.763. The van der Waals surface area contributed by atoms with Gasteiger partial charge in [-0.25, -0.2) is 8.78 Å². The number of aryl methyl sites for hydroxylation is 2. The molecule has 0 spiro atoms. The Morgan fingerprint density at radius 3 is 2.14 bits per heavy atom. The summed E-state index contributed by atoms with van der Waals surface area (Å²) in [5.74, 6) is -1.49. The molecule has 0 unspecified atom stereocenters. The van der Waals surface area contributed by atoms with E-state index in [4.69, 9.17) is 4.74 Å². The molecule has 0 radical (unpaired) electrons. The quantitative estimate of drug-likeness (QED) is 0.451. The van der Waals surface area contributed by atoms with Crippen molar-refractivity contribution in [3.8, 4) is 11.1 Å². The summed E-state index contributed by atoms with van der Waals surface area (Å²) in [6, 6.07) is 18.2. The molecule has 3 aromatic rings. The number of ether oxygens (including phenoxy) is 1. The van der Waals surface area contributed by atoms with E-state index in [1.165, 1.54) is 0 Å². The highest BCUT2D eigenvalue weighted by atomic mass is 19.2. The van der Waals surface area contributed by atoms with Gasteiger partial charge in [-0.2, -0.15) is 0 Å². The summed E-state index contributed by atoms with van der Waals surface area (Å²) >= 11 is 0. The lowest BCUT2D eigenvalue weighted by Crippen LogP contribution is -2.04. The molecule has 1 fully saturated rings. The Labute approximate surface area is 164 Å². The monoisotopic (exact) mass is 376 g/mol. The Kier molecular flexibility index (Phi) is 5.10. The Morgan fingerprint density at radius 2 is 1.57 bits per heavy atom. The third-order valence-corrected chi connectivity index (χ3v) is 5.34. The van der Waals surface area contributed by atoms with Crippen LogP contribution in [0.3, 0.4) is 0 Å². The van der Waals surface area contributed by atoms with Crippen LogP contribution in [-0.4, -0.2) is 6.61 Å². The van der Waals surface area contributed by atoms with Crippen LogP contribution in [-0.2, 0) is 17.6 Å². The predicted octanol–water partition coefficient (Wildman–Crippen LogP) is 6.44. The van der Waals surface area contributed by atoms with Gasteiger partial charge in [0.2, 0.25) is 0 Å². The molecule has 142 valence electrons. The summed E-state index contributed by atoms with van der Waals surface area (Å²) in [5, 5.41) is 0. The van der Waals surface area contributed by atoms with Crippen LogP contribution in [0.15, 0.2) is 61.2 Å². The number of rotatable bonds is 6. The molecule has 1 atom stereocenters. The number of hydrogen-bond donors (Lipinski definition) is 0. The Morgan fingerprint density at radius 1 is 0.964 bits per heavy atom. The van der Waals surface area contributed by atoms with Gasteiger partial charge in [0.25, 0.3) is 0 Å². The molecule has 0 bridgehead atoms. The zero-order valence-electron chi connectivity index (χ0n) is 15.8. The standard InChI is InChI=1S/C25H22F2O/c1-3-17-4-9-19(10-5-17)20-11-6-18(7-12-20)8-13-21-16(2)14-22(23-15-28-23)25(27)24(21)26/h3-7,9-12,14,23H,1,8,13,15H2,2H3/t23-/m0/s1. The van der Waals surface area contributed by atoms with Gasteiger partial charge in [-0.15, -0.1) is 0 Å². The third kappa shape index (κ3) is 3.76. The van der Waals surface area contributed by atoms with E-state index in [1.54, 1.807) is 6.07 Å². The van der Waals surface area contributed by atoms with Gasteiger partial charge in [-0.3, -0.25) is 0 Å². The SMILES string of the molecule is C=Cc1ccc(-c2ccc(CCc3c(C)cc([C@@H]4CO4)c(F)c3F)cc2)cc1. The van der Waals surface area contributed by atoms with Gasteiger partial charge in [0, 0.05) is 5.56 Å². The van der Waals surface area contributed by atoms with Gasteiger partial charge in [-0.1, -0.05) is 61.2 Å². The van der Waals surface area contributed by atoms with E-state index in [9.17, 15) is 8.78 Å². The highest BCUT2D eigenvalue weighted by molar-refractivity contribution is 5.65. The molecule has 1 saturated heterocycles. The molecule has 4 rings (SSSR count). The third-order valence-electron chi connectivity index (χ3n) is 5.34. The van der Waals surface area contributed by atoms with Crippen LogP contribution in [0.2, 0.25) is 0 Å². The fourth-order valence-corrected chi connectivity index (χ4v) is 3.53. The average Bonchev–Trinajstić information content (AvgIpc) is 3.56.